The summed E-state index contributed by atoms with van der Waals surface area (Å²) in [6.45, 7) is 1.69. The van der Waals surface area contributed by atoms with E-state index in [2.05, 4.69) is 9.89 Å². The van der Waals surface area contributed by atoms with Gasteiger partial charge >= 0.3 is 12.1 Å². The number of carbonyl (C=O) groups excluding carboxylic acids is 1. The molecule has 0 N–H and O–H groups in total. The first-order chi connectivity index (χ1) is 8.43. The molecule has 0 bridgehead atoms. The molecule has 0 aliphatic heterocycles. The standard InChI is InChI=1S/C11H8F3NO3/c1-2-17-10(16)9-7-5-6(11(12,13)14)3-4-8(7)18-15-9/h3-5H,2H2,1H3. The highest BCUT2D eigenvalue weighted by molar-refractivity contribution is 6.01. The van der Waals surface area contributed by atoms with Gasteiger partial charge in [-0.25, -0.2) is 4.79 Å². The molecule has 0 amide bonds. The summed E-state index contributed by atoms with van der Waals surface area (Å²) >= 11 is 0. The number of hydrogen-bond donors (Lipinski definition) is 0. The Bertz CT molecular complexity index is 589. The molecule has 0 fully saturated rings. The van der Waals surface area contributed by atoms with Gasteiger partial charge in [0.2, 0.25) is 0 Å². The molecule has 0 aliphatic carbocycles. The highest BCUT2D eigenvalue weighted by Crippen LogP contribution is 2.32. The molecule has 0 aliphatic rings. The van der Waals surface area contributed by atoms with Crippen molar-refractivity contribution in [3.8, 4) is 0 Å². The van der Waals surface area contributed by atoms with Crippen LogP contribution in [0.4, 0.5) is 13.2 Å². The van der Waals surface area contributed by atoms with Gasteiger partial charge in [-0.3, -0.25) is 0 Å². The molecule has 0 spiro atoms. The predicted octanol–water partition coefficient (Wildman–Crippen LogP) is 3.02. The van der Waals surface area contributed by atoms with E-state index in [1.807, 2.05) is 0 Å². The second-order valence-electron chi connectivity index (χ2n) is 3.46. The van der Waals surface area contributed by atoms with E-state index in [1.54, 1.807) is 6.92 Å². The van der Waals surface area contributed by atoms with Crippen molar-refractivity contribution in [2.45, 2.75) is 13.1 Å². The van der Waals surface area contributed by atoms with E-state index < -0.39 is 17.7 Å². The van der Waals surface area contributed by atoms with Crippen molar-refractivity contribution in [1.29, 1.82) is 0 Å². The average Bonchev–Trinajstić information content (AvgIpc) is 2.70. The van der Waals surface area contributed by atoms with Gasteiger partial charge in [-0.05, 0) is 25.1 Å². The van der Waals surface area contributed by atoms with Crippen LogP contribution < -0.4 is 0 Å². The molecular formula is C11H8F3NO3. The van der Waals surface area contributed by atoms with Crippen molar-refractivity contribution < 1.29 is 27.2 Å². The lowest BCUT2D eigenvalue weighted by Crippen LogP contribution is -2.07. The summed E-state index contributed by atoms with van der Waals surface area (Å²) in [6, 6.07) is 2.80. The molecule has 96 valence electrons. The number of nitrogens with zero attached hydrogens (tertiary/aromatic N) is 1. The highest BCUT2D eigenvalue weighted by atomic mass is 19.4. The third kappa shape index (κ3) is 2.15. The molecule has 2 rings (SSSR count). The minimum atomic E-state index is -4.49. The number of alkyl halides is 3. The summed E-state index contributed by atoms with van der Waals surface area (Å²) in [4.78, 5) is 11.5. The van der Waals surface area contributed by atoms with Gasteiger partial charge in [-0.2, -0.15) is 13.2 Å². The minimum Gasteiger partial charge on any atom is -0.461 e. The fraction of sp³-hybridized carbons (Fsp3) is 0.273. The maximum atomic E-state index is 12.5. The van der Waals surface area contributed by atoms with Crippen molar-refractivity contribution in [1.82, 2.24) is 5.16 Å². The van der Waals surface area contributed by atoms with Crippen LogP contribution in [0.1, 0.15) is 23.0 Å². The summed E-state index contributed by atoms with van der Waals surface area (Å²) in [6.07, 6.45) is -4.49. The largest absolute Gasteiger partial charge is 0.461 e. The van der Waals surface area contributed by atoms with Crippen LogP contribution in [0.5, 0.6) is 0 Å². The summed E-state index contributed by atoms with van der Waals surface area (Å²) in [5.41, 5.74) is -1.02. The van der Waals surface area contributed by atoms with Crippen LogP contribution >= 0.6 is 0 Å². The van der Waals surface area contributed by atoms with Gasteiger partial charge in [-0.15, -0.1) is 0 Å². The van der Waals surface area contributed by atoms with E-state index in [-0.39, 0.29) is 23.3 Å². The van der Waals surface area contributed by atoms with Crippen molar-refractivity contribution in [3.05, 3.63) is 29.5 Å². The van der Waals surface area contributed by atoms with Crippen LogP contribution in [-0.4, -0.2) is 17.7 Å². The quantitative estimate of drug-likeness (QED) is 0.778. The number of esters is 1. The molecule has 0 saturated carbocycles. The zero-order chi connectivity index (χ0) is 13.3. The average molecular weight is 259 g/mol. The molecule has 2 aromatic rings. The number of ether oxygens (including phenoxy) is 1. The topological polar surface area (TPSA) is 52.3 Å². The summed E-state index contributed by atoms with van der Waals surface area (Å²) in [7, 11) is 0. The van der Waals surface area contributed by atoms with Gasteiger partial charge in [0.05, 0.1) is 17.6 Å². The summed E-state index contributed by atoms with van der Waals surface area (Å²) in [5.74, 6) is -0.810. The fourth-order valence-electron chi connectivity index (χ4n) is 1.46. The van der Waals surface area contributed by atoms with E-state index in [9.17, 15) is 18.0 Å². The molecule has 0 saturated heterocycles. The highest BCUT2D eigenvalue weighted by Gasteiger charge is 2.31. The Morgan fingerprint density at radius 3 is 2.78 bits per heavy atom. The number of rotatable bonds is 2. The van der Waals surface area contributed by atoms with Crippen molar-refractivity contribution >= 4 is 16.9 Å². The zero-order valence-electron chi connectivity index (χ0n) is 9.25. The lowest BCUT2D eigenvalue weighted by atomic mass is 10.1. The Morgan fingerprint density at radius 2 is 2.17 bits per heavy atom. The normalized spacial score (nSPS) is 11.8. The number of hydrogen-bond acceptors (Lipinski definition) is 4. The zero-order valence-corrected chi connectivity index (χ0v) is 9.25. The SMILES string of the molecule is CCOC(=O)c1noc2ccc(C(F)(F)F)cc12. The predicted molar refractivity (Wildman–Crippen MR) is 55.0 cm³/mol. The smallest absolute Gasteiger partial charge is 0.416 e. The van der Waals surface area contributed by atoms with Crippen LogP contribution in [-0.2, 0) is 10.9 Å². The maximum absolute atomic E-state index is 12.5. The molecule has 0 radical (unpaired) electrons. The molecule has 1 heterocycles. The first kappa shape index (κ1) is 12.4. The number of fused-ring (bicyclic) bond motifs is 1. The van der Waals surface area contributed by atoms with Gasteiger partial charge in [0.15, 0.2) is 11.3 Å². The Balaban J connectivity index is 2.53. The van der Waals surface area contributed by atoms with Crippen LogP contribution in [0.15, 0.2) is 22.7 Å². The Morgan fingerprint density at radius 1 is 1.44 bits per heavy atom. The molecule has 4 nitrogen and oxygen atoms in total. The lowest BCUT2D eigenvalue weighted by Gasteiger charge is -2.05. The van der Waals surface area contributed by atoms with Crippen LogP contribution in [0.3, 0.4) is 0 Å². The third-order valence-electron chi connectivity index (χ3n) is 2.27. The van der Waals surface area contributed by atoms with E-state index in [0.717, 1.165) is 18.2 Å². The van der Waals surface area contributed by atoms with Gasteiger partial charge in [0, 0.05) is 0 Å². The van der Waals surface area contributed by atoms with Crippen LogP contribution in [0.2, 0.25) is 0 Å². The van der Waals surface area contributed by atoms with Crippen molar-refractivity contribution in [2.75, 3.05) is 6.61 Å². The number of benzene rings is 1. The van der Waals surface area contributed by atoms with E-state index in [1.165, 1.54) is 0 Å². The summed E-state index contributed by atoms with van der Waals surface area (Å²) < 4.78 is 47.1. The molecule has 7 heteroatoms. The Hall–Kier alpha value is -2.05. The molecule has 1 aromatic carbocycles. The van der Waals surface area contributed by atoms with E-state index >= 15 is 0 Å². The van der Waals surface area contributed by atoms with E-state index in [0.29, 0.717) is 0 Å². The van der Waals surface area contributed by atoms with Gasteiger partial charge in [-0.1, -0.05) is 5.16 Å². The molecular weight excluding hydrogens is 251 g/mol. The number of halogens is 3. The summed E-state index contributed by atoms with van der Waals surface area (Å²) in [5, 5.41) is 3.41. The Kier molecular flexibility index (Phi) is 2.98. The van der Waals surface area contributed by atoms with Crippen molar-refractivity contribution in [2.24, 2.45) is 0 Å². The van der Waals surface area contributed by atoms with Gasteiger partial charge < -0.3 is 9.26 Å². The first-order valence-electron chi connectivity index (χ1n) is 5.07. The van der Waals surface area contributed by atoms with Crippen molar-refractivity contribution in [3.63, 3.8) is 0 Å². The molecule has 0 atom stereocenters. The Labute approximate surface area is 99.3 Å². The van der Waals surface area contributed by atoms with Crippen LogP contribution in [0, 0.1) is 0 Å². The van der Waals surface area contributed by atoms with E-state index in [4.69, 9.17) is 4.52 Å². The lowest BCUT2D eigenvalue weighted by molar-refractivity contribution is -0.137. The molecule has 18 heavy (non-hydrogen) atoms. The fourth-order valence-corrected chi connectivity index (χ4v) is 1.46. The second-order valence-corrected chi connectivity index (χ2v) is 3.46. The second kappa shape index (κ2) is 4.32. The maximum Gasteiger partial charge on any atom is 0.416 e. The number of aromatic nitrogens is 1. The monoisotopic (exact) mass is 259 g/mol. The first-order valence-corrected chi connectivity index (χ1v) is 5.07. The van der Waals surface area contributed by atoms with Gasteiger partial charge in [0.1, 0.15) is 0 Å². The number of carbonyl (C=O) groups is 1. The third-order valence-corrected chi connectivity index (χ3v) is 2.27. The van der Waals surface area contributed by atoms with Crippen LogP contribution in [0.25, 0.3) is 11.0 Å². The molecule has 0 unspecified atom stereocenters. The molecule has 1 aromatic heterocycles. The minimum absolute atomic E-state index is 0.0109. The van der Waals surface area contributed by atoms with Gasteiger partial charge in [0.25, 0.3) is 0 Å².